The minimum absolute atomic E-state index is 0.244. The maximum atomic E-state index is 11.1. The summed E-state index contributed by atoms with van der Waals surface area (Å²) in [6.07, 6.45) is -3.41. The molecule has 0 aromatic carbocycles. The van der Waals surface area contributed by atoms with E-state index in [9.17, 15) is 15.0 Å². The zero-order valence-corrected chi connectivity index (χ0v) is 9.63. The van der Waals surface area contributed by atoms with Crippen LogP contribution in [0.4, 0.5) is 4.79 Å². The van der Waals surface area contributed by atoms with Crippen molar-refractivity contribution in [2.75, 3.05) is 13.2 Å². The van der Waals surface area contributed by atoms with Gasteiger partial charge in [-0.25, -0.2) is 4.79 Å². The largest absolute Gasteiger partial charge is 0.508 e. The fourth-order valence-corrected chi connectivity index (χ4v) is 1.09. The molecule has 6 nitrogen and oxygen atoms in total. The van der Waals surface area contributed by atoms with E-state index in [1.54, 1.807) is 6.92 Å². The van der Waals surface area contributed by atoms with E-state index < -0.39 is 31.1 Å². The summed E-state index contributed by atoms with van der Waals surface area (Å²) in [4.78, 5) is 11.1. The molecule has 0 saturated carbocycles. The zero-order chi connectivity index (χ0) is 12.6. The Morgan fingerprint density at radius 3 is 2.38 bits per heavy atom. The van der Waals surface area contributed by atoms with E-state index in [4.69, 9.17) is 9.84 Å². The summed E-state index contributed by atoms with van der Waals surface area (Å²) in [5.74, 6) is 0. The van der Waals surface area contributed by atoms with E-state index in [0.29, 0.717) is 12.8 Å². The average Bonchev–Trinajstić information content (AvgIpc) is 2.31. The van der Waals surface area contributed by atoms with Crippen molar-refractivity contribution >= 4 is 6.16 Å². The maximum Gasteiger partial charge on any atom is 0.508 e. The van der Waals surface area contributed by atoms with Gasteiger partial charge in [-0.05, 0) is 12.8 Å². The highest BCUT2D eigenvalue weighted by molar-refractivity contribution is 5.60. The molecule has 96 valence electrons. The minimum Gasteiger partial charge on any atom is -0.434 e. The molecule has 0 aliphatic carbocycles. The van der Waals surface area contributed by atoms with Crippen LogP contribution in [0.3, 0.4) is 0 Å². The van der Waals surface area contributed by atoms with Gasteiger partial charge in [-0.1, -0.05) is 13.8 Å². The number of hydrogen-bond donors (Lipinski definition) is 3. The second-order valence-corrected chi connectivity index (χ2v) is 3.40. The lowest BCUT2D eigenvalue weighted by Crippen LogP contribution is -2.41. The minimum atomic E-state index is -1.33. The highest BCUT2D eigenvalue weighted by atomic mass is 16.7. The van der Waals surface area contributed by atoms with Gasteiger partial charge < -0.3 is 24.8 Å². The third kappa shape index (κ3) is 5.29. The Morgan fingerprint density at radius 2 is 1.94 bits per heavy atom. The van der Waals surface area contributed by atoms with E-state index in [-0.39, 0.29) is 6.61 Å². The first-order chi connectivity index (χ1) is 7.56. The zero-order valence-electron chi connectivity index (χ0n) is 9.63. The van der Waals surface area contributed by atoms with Crippen molar-refractivity contribution in [3.63, 3.8) is 0 Å². The second-order valence-electron chi connectivity index (χ2n) is 3.40. The van der Waals surface area contributed by atoms with Gasteiger partial charge in [0, 0.05) is 0 Å². The SMILES string of the molecule is CCCOC(=O)OC(CC)C(O)C(O)CO. The molecule has 0 fully saturated rings. The van der Waals surface area contributed by atoms with E-state index in [1.165, 1.54) is 0 Å². The van der Waals surface area contributed by atoms with Crippen LogP contribution in [-0.4, -0.2) is 53.0 Å². The molecule has 0 aliphatic rings. The van der Waals surface area contributed by atoms with Crippen molar-refractivity contribution in [1.29, 1.82) is 0 Å². The number of aliphatic hydroxyl groups is 3. The maximum absolute atomic E-state index is 11.1. The Balaban J connectivity index is 4.12. The Bertz CT molecular complexity index is 196. The molecule has 3 unspecified atom stereocenters. The van der Waals surface area contributed by atoms with Crippen molar-refractivity contribution in [1.82, 2.24) is 0 Å². The molecular weight excluding hydrogens is 216 g/mol. The number of hydrogen-bond acceptors (Lipinski definition) is 6. The number of carbonyl (C=O) groups excluding carboxylic acids is 1. The molecule has 0 bridgehead atoms. The molecule has 0 spiro atoms. The third-order valence-electron chi connectivity index (χ3n) is 2.04. The van der Waals surface area contributed by atoms with Crippen molar-refractivity contribution < 1.29 is 29.6 Å². The lowest BCUT2D eigenvalue weighted by molar-refractivity contribution is -0.0922. The molecule has 0 heterocycles. The highest BCUT2D eigenvalue weighted by Crippen LogP contribution is 2.09. The van der Waals surface area contributed by atoms with Gasteiger partial charge in [-0.2, -0.15) is 0 Å². The molecular formula is C10H20O6. The number of ether oxygens (including phenoxy) is 2. The van der Waals surface area contributed by atoms with Crippen LogP contribution in [0.2, 0.25) is 0 Å². The number of rotatable bonds is 7. The number of aliphatic hydroxyl groups excluding tert-OH is 3. The van der Waals surface area contributed by atoms with Gasteiger partial charge >= 0.3 is 6.16 Å². The van der Waals surface area contributed by atoms with Gasteiger partial charge in [-0.3, -0.25) is 0 Å². The Kier molecular flexibility index (Phi) is 7.88. The lowest BCUT2D eigenvalue weighted by atomic mass is 10.1. The Morgan fingerprint density at radius 1 is 1.31 bits per heavy atom. The predicted molar refractivity (Wildman–Crippen MR) is 55.9 cm³/mol. The fraction of sp³-hybridized carbons (Fsp3) is 0.900. The van der Waals surface area contributed by atoms with Gasteiger partial charge in [0.25, 0.3) is 0 Å². The quantitative estimate of drug-likeness (QED) is 0.540. The van der Waals surface area contributed by atoms with Crippen molar-refractivity contribution in [3.05, 3.63) is 0 Å². The van der Waals surface area contributed by atoms with Crippen LogP contribution in [-0.2, 0) is 9.47 Å². The molecule has 0 aliphatic heterocycles. The molecule has 3 N–H and O–H groups in total. The molecule has 0 amide bonds. The molecule has 0 rings (SSSR count). The summed E-state index contributed by atoms with van der Waals surface area (Å²) in [5, 5.41) is 27.3. The lowest BCUT2D eigenvalue weighted by Gasteiger charge is -2.24. The summed E-state index contributed by atoms with van der Waals surface area (Å²) in [7, 11) is 0. The van der Waals surface area contributed by atoms with Crippen LogP contribution in [0.5, 0.6) is 0 Å². The van der Waals surface area contributed by atoms with Crippen LogP contribution in [0.25, 0.3) is 0 Å². The fourth-order valence-electron chi connectivity index (χ4n) is 1.09. The van der Waals surface area contributed by atoms with Gasteiger partial charge in [0.15, 0.2) is 0 Å². The van der Waals surface area contributed by atoms with E-state index in [1.807, 2.05) is 6.92 Å². The summed E-state index contributed by atoms with van der Waals surface area (Å²) >= 11 is 0. The molecule has 3 atom stereocenters. The predicted octanol–water partition coefficient (Wildman–Crippen LogP) is 0.0423. The third-order valence-corrected chi connectivity index (χ3v) is 2.04. The topological polar surface area (TPSA) is 96.2 Å². The van der Waals surface area contributed by atoms with Crippen molar-refractivity contribution in [3.8, 4) is 0 Å². The molecule has 6 heteroatoms. The van der Waals surface area contributed by atoms with E-state index >= 15 is 0 Å². The van der Waals surface area contributed by atoms with Crippen molar-refractivity contribution in [2.24, 2.45) is 0 Å². The van der Waals surface area contributed by atoms with Crippen molar-refractivity contribution in [2.45, 2.75) is 45.0 Å². The normalized spacial score (nSPS) is 16.3. The molecule has 16 heavy (non-hydrogen) atoms. The monoisotopic (exact) mass is 236 g/mol. The summed E-state index contributed by atoms with van der Waals surface area (Å²) in [5.41, 5.74) is 0. The standard InChI is InChI=1S/C10H20O6/c1-3-5-15-10(14)16-8(4-2)9(13)7(12)6-11/h7-9,11-13H,3-6H2,1-2H3. The Labute approximate surface area is 94.8 Å². The van der Waals surface area contributed by atoms with Crippen LogP contribution >= 0.6 is 0 Å². The first-order valence-electron chi connectivity index (χ1n) is 5.37. The number of carbonyl (C=O) groups is 1. The average molecular weight is 236 g/mol. The smallest absolute Gasteiger partial charge is 0.434 e. The highest BCUT2D eigenvalue weighted by Gasteiger charge is 2.28. The van der Waals surface area contributed by atoms with Gasteiger partial charge in [-0.15, -0.1) is 0 Å². The van der Waals surface area contributed by atoms with E-state index in [2.05, 4.69) is 4.74 Å². The van der Waals surface area contributed by atoms with E-state index in [0.717, 1.165) is 0 Å². The van der Waals surface area contributed by atoms with Gasteiger partial charge in [0.05, 0.1) is 13.2 Å². The van der Waals surface area contributed by atoms with Gasteiger partial charge in [0.2, 0.25) is 0 Å². The molecule has 0 radical (unpaired) electrons. The second kappa shape index (κ2) is 8.32. The Hall–Kier alpha value is -0.850. The summed E-state index contributed by atoms with van der Waals surface area (Å²) in [6, 6.07) is 0. The van der Waals surface area contributed by atoms with Crippen LogP contribution in [0.1, 0.15) is 26.7 Å². The van der Waals surface area contributed by atoms with Crippen LogP contribution < -0.4 is 0 Å². The van der Waals surface area contributed by atoms with Crippen LogP contribution in [0, 0.1) is 0 Å². The summed E-state index contributed by atoms with van der Waals surface area (Å²) < 4.78 is 9.47. The summed E-state index contributed by atoms with van der Waals surface area (Å²) in [6.45, 7) is 3.18. The molecule has 0 aromatic heterocycles. The first kappa shape index (κ1) is 15.2. The molecule has 0 aromatic rings. The molecule has 0 saturated heterocycles. The first-order valence-corrected chi connectivity index (χ1v) is 5.37. The van der Waals surface area contributed by atoms with Crippen LogP contribution in [0.15, 0.2) is 0 Å². The van der Waals surface area contributed by atoms with Gasteiger partial charge in [0.1, 0.15) is 18.3 Å².